The van der Waals surface area contributed by atoms with Gasteiger partial charge in [-0.05, 0) is 18.2 Å². The van der Waals surface area contributed by atoms with Crippen LogP contribution in [-0.4, -0.2) is 18.3 Å². The number of fused-ring (bicyclic) bond motifs is 1. The lowest BCUT2D eigenvalue weighted by atomic mass is 10.0. The molecule has 1 aliphatic heterocycles. The Morgan fingerprint density at radius 3 is 2.67 bits per heavy atom. The summed E-state index contributed by atoms with van der Waals surface area (Å²) in [7, 11) is 0. The summed E-state index contributed by atoms with van der Waals surface area (Å²) in [4.78, 5) is 0. The Balaban J connectivity index is 2.26. The van der Waals surface area contributed by atoms with E-state index in [9.17, 15) is 5.11 Å². The molecule has 0 atom stereocenters. The van der Waals surface area contributed by atoms with Gasteiger partial charge in [0, 0.05) is 18.4 Å². The number of phenolic OH excluding ortho intramolecular Hbond substituents is 1. The van der Waals surface area contributed by atoms with E-state index in [1.54, 1.807) is 6.07 Å². The lowest BCUT2D eigenvalue weighted by Crippen LogP contribution is -1.99. The summed E-state index contributed by atoms with van der Waals surface area (Å²) in [6.07, 6.45) is 1.45. The van der Waals surface area contributed by atoms with E-state index < -0.39 is 0 Å². The van der Waals surface area contributed by atoms with Gasteiger partial charge in [0.2, 0.25) is 0 Å². The van der Waals surface area contributed by atoms with Crippen molar-refractivity contribution in [2.24, 2.45) is 0 Å². The number of phenols is 1. The Kier molecular flexibility index (Phi) is 2.81. The van der Waals surface area contributed by atoms with Crippen LogP contribution in [0.25, 0.3) is 0 Å². The van der Waals surface area contributed by atoms with Crippen LogP contribution in [0.3, 0.4) is 0 Å². The van der Waals surface area contributed by atoms with Gasteiger partial charge < -0.3 is 14.6 Å². The second-order valence-corrected chi connectivity index (χ2v) is 3.48. The molecular formula is C12H14O3. The highest BCUT2D eigenvalue weighted by molar-refractivity contribution is 5.39. The fourth-order valence-electron chi connectivity index (χ4n) is 1.73. The highest BCUT2D eigenvalue weighted by Crippen LogP contribution is 2.23. The minimum absolute atomic E-state index is 0.337. The van der Waals surface area contributed by atoms with Crippen LogP contribution in [0.5, 0.6) is 5.75 Å². The lowest BCUT2D eigenvalue weighted by molar-refractivity contribution is 0.0420. The van der Waals surface area contributed by atoms with Gasteiger partial charge in [-0.1, -0.05) is 12.1 Å². The summed E-state index contributed by atoms with van der Waals surface area (Å²) in [6, 6.07) is 5.56. The molecule has 80 valence electrons. The third kappa shape index (κ3) is 2.24. The molecule has 3 nitrogen and oxygen atoms in total. The third-order valence-corrected chi connectivity index (χ3v) is 2.50. The molecule has 0 aliphatic carbocycles. The number of benzene rings is 1. The Morgan fingerprint density at radius 2 is 1.87 bits per heavy atom. The lowest BCUT2D eigenvalue weighted by Gasteiger charge is -2.08. The fraction of sp³-hybridized carbons (Fsp3) is 0.333. The zero-order valence-corrected chi connectivity index (χ0v) is 8.53. The molecule has 0 radical (unpaired) electrons. The maximum absolute atomic E-state index is 9.71. The van der Waals surface area contributed by atoms with E-state index in [0.29, 0.717) is 31.3 Å². The molecule has 0 saturated carbocycles. The average Bonchev–Trinajstić information content (AvgIpc) is 2.29. The average molecular weight is 206 g/mol. The summed E-state index contributed by atoms with van der Waals surface area (Å²) in [5.41, 5.74) is 2.07. The van der Waals surface area contributed by atoms with Gasteiger partial charge in [-0.25, -0.2) is 0 Å². The fourth-order valence-corrected chi connectivity index (χ4v) is 1.73. The molecule has 0 bridgehead atoms. The molecule has 1 heterocycles. The molecule has 15 heavy (non-hydrogen) atoms. The number of hydrogen-bond donors (Lipinski definition) is 1. The van der Waals surface area contributed by atoms with Crippen LogP contribution in [-0.2, 0) is 22.3 Å². The maximum Gasteiger partial charge on any atom is 0.271 e. The highest BCUT2D eigenvalue weighted by atomic mass is 16.7. The molecule has 0 unspecified atom stereocenters. The van der Waals surface area contributed by atoms with E-state index in [1.807, 2.05) is 12.1 Å². The first kappa shape index (κ1) is 9.90. The van der Waals surface area contributed by atoms with Gasteiger partial charge in [-0.2, -0.15) is 0 Å². The summed E-state index contributed by atoms with van der Waals surface area (Å²) < 4.78 is 10.5. The van der Waals surface area contributed by atoms with Crippen LogP contribution in [0.4, 0.5) is 0 Å². The largest absolute Gasteiger partial charge is 0.508 e. The molecule has 0 aromatic heterocycles. The van der Waals surface area contributed by atoms with Crippen LogP contribution in [0, 0.1) is 0 Å². The highest BCUT2D eigenvalue weighted by Gasteiger charge is 2.10. The Bertz CT molecular complexity index is 371. The molecule has 1 aliphatic rings. The van der Waals surface area contributed by atoms with E-state index in [4.69, 9.17) is 9.47 Å². The van der Waals surface area contributed by atoms with Gasteiger partial charge >= 0.3 is 0 Å². The first-order valence-corrected chi connectivity index (χ1v) is 5.01. The Labute approximate surface area is 88.9 Å². The topological polar surface area (TPSA) is 38.7 Å². The Hall–Kier alpha value is -1.64. The van der Waals surface area contributed by atoms with Crippen molar-refractivity contribution in [2.75, 3.05) is 13.2 Å². The van der Waals surface area contributed by atoms with Crippen LogP contribution in [0.15, 0.2) is 30.7 Å². The van der Waals surface area contributed by atoms with Crippen molar-refractivity contribution in [3.63, 3.8) is 0 Å². The van der Waals surface area contributed by atoms with Crippen LogP contribution >= 0.6 is 0 Å². The predicted molar refractivity (Wildman–Crippen MR) is 56.6 cm³/mol. The van der Waals surface area contributed by atoms with Crippen molar-refractivity contribution in [1.82, 2.24) is 0 Å². The number of ether oxygens (including phenoxy) is 2. The predicted octanol–water partition coefficient (Wildman–Crippen LogP) is 2.00. The standard InChI is InChI=1S/C12H14O3/c1-9-14-7-5-10-3-2-4-12(13)11(10)6-8-15-9/h2-4,13H,1,5-8H2. The van der Waals surface area contributed by atoms with Gasteiger partial charge in [0.05, 0.1) is 13.2 Å². The summed E-state index contributed by atoms with van der Waals surface area (Å²) >= 11 is 0. The molecule has 1 aromatic rings. The summed E-state index contributed by atoms with van der Waals surface area (Å²) in [5.74, 6) is 0.700. The van der Waals surface area contributed by atoms with E-state index in [-0.39, 0.29) is 0 Å². The number of aromatic hydroxyl groups is 1. The van der Waals surface area contributed by atoms with E-state index >= 15 is 0 Å². The van der Waals surface area contributed by atoms with Crippen molar-refractivity contribution in [3.05, 3.63) is 41.9 Å². The zero-order chi connectivity index (χ0) is 10.7. The van der Waals surface area contributed by atoms with Crippen molar-refractivity contribution in [2.45, 2.75) is 12.8 Å². The first-order chi connectivity index (χ1) is 7.27. The molecule has 0 amide bonds. The van der Waals surface area contributed by atoms with Crippen molar-refractivity contribution in [3.8, 4) is 5.75 Å². The van der Waals surface area contributed by atoms with Crippen LogP contribution in [0.1, 0.15) is 11.1 Å². The van der Waals surface area contributed by atoms with E-state index in [1.165, 1.54) is 0 Å². The quantitative estimate of drug-likeness (QED) is 0.705. The zero-order valence-electron chi connectivity index (χ0n) is 8.53. The van der Waals surface area contributed by atoms with Gasteiger partial charge in [-0.15, -0.1) is 0 Å². The van der Waals surface area contributed by atoms with Gasteiger partial charge in [0.1, 0.15) is 5.75 Å². The summed E-state index contributed by atoms with van der Waals surface area (Å²) in [5, 5.41) is 9.71. The normalized spacial score (nSPS) is 16.4. The van der Waals surface area contributed by atoms with E-state index in [2.05, 4.69) is 6.58 Å². The van der Waals surface area contributed by atoms with Gasteiger partial charge in [0.25, 0.3) is 5.95 Å². The maximum atomic E-state index is 9.71. The molecule has 3 heteroatoms. The van der Waals surface area contributed by atoms with Crippen molar-refractivity contribution in [1.29, 1.82) is 0 Å². The van der Waals surface area contributed by atoms with Crippen LogP contribution in [0.2, 0.25) is 0 Å². The molecule has 1 aromatic carbocycles. The molecule has 2 rings (SSSR count). The second kappa shape index (κ2) is 4.26. The monoisotopic (exact) mass is 206 g/mol. The molecular weight excluding hydrogens is 192 g/mol. The molecule has 0 saturated heterocycles. The van der Waals surface area contributed by atoms with Crippen molar-refractivity contribution >= 4 is 0 Å². The number of hydrogen-bond acceptors (Lipinski definition) is 3. The smallest absolute Gasteiger partial charge is 0.271 e. The van der Waals surface area contributed by atoms with Crippen LogP contribution < -0.4 is 0 Å². The third-order valence-electron chi connectivity index (χ3n) is 2.50. The van der Waals surface area contributed by atoms with Crippen molar-refractivity contribution < 1.29 is 14.6 Å². The number of rotatable bonds is 0. The molecule has 1 N–H and O–H groups in total. The second-order valence-electron chi connectivity index (χ2n) is 3.48. The molecule has 0 fully saturated rings. The minimum Gasteiger partial charge on any atom is -0.508 e. The molecule has 0 spiro atoms. The SMILES string of the molecule is C=C1OCCc2cccc(O)c2CCO1. The van der Waals surface area contributed by atoms with E-state index in [0.717, 1.165) is 17.5 Å². The Morgan fingerprint density at radius 1 is 1.13 bits per heavy atom. The first-order valence-electron chi connectivity index (χ1n) is 5.01. The van der Waals surface area contributed by atoms with Gasteiger partial charge in [-0.3, -0.25) is 0 Å². The summed E-state index contributed by atoms with van der Waals surface area (Å²) in [6.45, 7) is 4.66. The minimum atomic E-state index is 0.337. The van der Waals surface area contributed by atoms with Gasteiger partial charge in [0.15, 0.2) is 0 Å².